The van der Waals surface area contributed by atoms with E-state index in [0.717, 1.165) is 11.1 Å². The van der Waals surface area contributed by atoms with Crippen molar-refractivity contribution in [3.63, 3.8) is 0 Å². The SMILES string of the molecule is CC(C)(CO)C(O)C(=O)NCCC(=O)C(=O)NC(C1CCNCC1)S(=O)(=O)c1ccc(-c2ccccc2)cc1. The summed E-state index contributed by atoms with van der Waals surface area (Å²) in [5.41, 5.74) is 0.706. The highest BCUT2D eigenvalue weighted by Crippen LogP contribution is 2.28. The molecule has 39 heavy (non-hydrogen) atoms. The summed E-state index contributed by atoms with van der Waals surface area (Å²) >= 11 is 0. The van der Waals surface area contributed by atoms with Crippen LogP contribution < -0.4 is 16.0 Å². The first-order valence-electron chi connectivity index (χ1n) is 13.0. The summed E-state index contributed by atoms with van der Waals surface area (Å²) in [7, 11) is -4.03. The van der Waals surface area contributed by atoms with E-state index in [9.17, 15) is 33.0 Å². The molecule has 0 aliphatic carbocycles. The molecular weight excluding hydrogens is 522 g/mol. The first kappa shape index (κ1) is 30.4. The fourth-order valence-electron chi connectivity index (χ4n) is 4.37. The average molecular weight is 560 g/mol. The van der Waals surface area contributed by atoms with Gasteiger partial charge in [0.2, 0.25) is 11.7 Å². The Hall–Kier alpha value is -3.12. The highest BCUT2D eigenvalue weighted by atomic mass is 32.2. The zero-order chi connectivity index (χ0) is 28.6. The molecule has 1 aliphatic heterocycles. The molecule has 0 aromatic heterocycles. The Morgan fingerprint density at radius 3 is 2.18 bits per heavy atom. The van der Waals surface area contributed by atoms with E-state index in [0.29, 0.717) is 25.9 Å². The fraction of sp³-hybridized carbons (Fsp3) is 0.464. The maximum Gasteiger partial charge on any atom is 0.288 e. The number of Topliss-reactive ketones (excluding diaryl/α,β-unsaturated/α-hetero) is 1. The summed E-state index contributed by atoms with van der Waals surface area (Å²) in [6.45, 7) is 3.54. The smallest absolute Gasteiger partial charge is 0.288 e. The lowest BCUT2D eigenvalue weighted by Gasteiger charge is -2.31. The molecule has 1 fully saturated rings. The molecule has 5 N–H and O–H groups in total. The molecule has 0 saturated carbocycles. The molecule has 0 bridgehead atoms. The third-order valence-electron chi connectivity index (χ3n) is 7.01. The van der Waals surface area contributed by atoms with Crippen LogP contribution in [-0.2, 0) is 24.2 Å². The molecule has 1 aliphatic rings. The minimum atomic E-state index is -4.03. The number of nitrogens with one attached hydrogen (secondary N) is 3. The van der Waals surface area contributed by atoms with Crippen LogP contribution in [0.1, 0.15) is 33.1 Å². The van der Waals surface area contributed by atoms with Gasteiger partial charge in [-0.05, 0) is 55.1 Å². The molecule has 0 spiro atoms. The van der Waals surface area contributed by atoms with Crippen LogP contribution in [-0.4, -0.2) is 73.9 Å². The Morgan fingerprint density at radius 2 is 1.59 bits per heavy atom. The highest BCUT2D eigenvalue weighted by Gasteiger charge is 2.38. The summed E-state index contributed by atoms with van der Waals surface area (Å²) in [4.78, 5) is 37.5. The molecular formula is C28H37N3O7S. The second-order valence-electron chi connectivity index (χ2n) is 10.4. The number of carbonyl (C=O) groups excluding carboxylic acids is 3. The Morgan fingerprint density at radius 1 is 1.00 bits per heavy atom. The molecule has 1 saturated heterocycles. The van der Waals surface area contributed by atoms with E-state index in [2.05, 4.69) is 16.0 Å². The third kappa shape index (κ3) is 7.72. The number of benzene rings is 2. The van der Waals surface area contributed by atoms with Crippen LogP contribution in [0.15, 0.2) is 59.5 Å². The van der Waals surface area contributed by atoms with E-state index in [4.69, 9.17) is 0 Å². The minimum Gasteiger partial charge on any atom is -0.396 e. The Labute approximate surface area is 229 Å². The fourth-order valence-corrected chi connectivity index (χ4v) is 6.22. The molecule has 10 nitrogen and oxygen atoms in total. The third-order valence-corrected chi connectivity index (χ3v) is 9.11. The van der Waals surface area contributed by atoms with E-state index in [1.165, 1.54) is 26.0 Å². The Balaban J connectivity index is 1.70. The van der Waals surface area contributed by atoms with Crippen molar-refractivity contribution in [2.24, 2.45) is 11.3 Å². The van der Waals surface area contributed by atoms with Gasteiger partial charge in [0, 0.05) is 18.4 Å². The van der Waals surface area contributed by atoms with Crippen molar-refractivity contribution in [1.29, 1.82) is 0 Å². The summed E-state index contributed by atoms with van der Waals surface area (Å²) in [6.07, 6.45) is -0.868. The summed E-state index contributed by atoms with van der Waals surface area (Å²) in [6, 6.07) is 16.0. The molecule has 0 radical (unpaired) electrons. The van der Waals surface area contributed by atoms with E-state index in [-0.39, 0.29) is 17.9 Å². The van der Waals surface area contributed by atoms with Crippen molar-refractivity contribution in [2.75, 3.05) is 26.2 Å². The summed E-state index contributed by atoms with van der Waals surface area (Å²) in [5.74, 6) is -3.11. The first-order chi connectivity index (χ1) is 18.5. The van der Waals surface area contributed by atoms with Crippen LogP contribution in [0.3, 0.4) is 0 Å². The number of sulfone groups is 1. The number of ketones is 1. The van der Waals surface area contributed by atoms with Gasteiger partial charge in [-0.25, -0.2) is 8.42 Å². The molecule has 2 aromatic carbocycles. The van der Waals surface area contributed by atoms with Crippen LogP contribution >= 0.6 is 0 Å². The summed E-state index contributed by atoms with van der Waals surface area (Å²) in [5, 5.41) is 26.1. The number of rotatable bonds is 12. The quantitative estimate of drug-likeness (QED) is 0.241. The van der Waals surface area contributed by atoms with Crippen molar-refractivity contribution in [2.45, 2.75) is 49.5 Å². The molecule has 3 rings (SSSR count). The largest absolute Gasteiger partial charge is 0.396 e. The molecule has 11 heteroatoms. The minimum absolute atomic E-state index is 0.0474. The number of aliphatic hydroxyl groups is 2. The van der Waals surface area contributed by atoms with Gasteiger partial charge in [-0.2, -0.15) is 0 Å². The van der Waals surface area contributed by atoms with Gasteiger partial charge in [-0.15, -0.1) is 0 Å². The van der Waals surface area contributed by atoms with Gasteiger partial charge in [0.1, 0.15) is 11.5 Å². The van der Waals surface area contributed by atoms with Crippen molar-refractivity contribution >= 4 is 27.4 Å². The van der Waals surface area contributed by atoms with Crippen LogP contribution in [0.4, 0.5) is 0 Å². The first-order valence-corrected chi connectivity index (χ1v) is 14.5. The van der Waals surface area contributed by atoms with Gasteiger partial charge in [0.15, 0.2) is 9.84 Å². The molecule has 2 unspecified atom stereocenters. The van der Waals surface area contributed by atoms with Gasteiger partial charge >= 0.3 is 0 Å². The van der Waals surface area contributed by atoms with E-state index in [1.54, 1.807) is 12.1 Å². The number of piperidine rings is 1. The van der Waals surface area contributed by atoms with E-state index >= 15 is 0 Å². The molecule has 2 aromatic rings. The van der Waals surface area contributed by atoms with E-state index in [1.807, 2.05) is 30.3 Å². The number of carbonyl (C=O) groups is 3. The van der Waals surface area contributed by atoms with Crippen LogP contribution in [0, 0.1) is 11.3 Å². The normalized spacial score (nSPS) is 16.2. The number of amides is 2. The maximum atomic E-state index is 13.7. The molecule has 1 heterocycles. The van der Waals surface area contributed by atoms with Crippen molar-refractivity contribution < 1.29 is 33.0 Å². The topological polar surface area (TPSA) is 162 Å². The van der Waals surface area contributed by atoms with Gasteiger partial charge in [0.05, 0.1) is 11.5 Å². The predicted octanol–water partition coefficient (Wildman–Crippen LogP) is 1.02. The standard InChI is InChI=1S/C28H37N3O7S/c1-28(2,18-32)24(34)26(36)30-17-14-23(33)25(35)31-27(21-12-15-29-16-13-21)39(37,38)22-10-8-20(9-11-22)19-6-4-3-5-7-19/h3-11,21,24,27,29,32,34H,12-18H2,1-2H3,(H,30,36)(H,31,35). The van der Waals surface area contributed by atoms with Crippen LogP contribution in [0.5, 0.6) is 0 Å². The van der Waals surface area contributed by atoms with Gasteiger partial charge < -0.3 is 26.2 Å². The average Bonchev–Trinajstić information content (AvgIpc) is 2.96. The lowest BCUT2D eigenvalue weighted by Crippen LogP contribution is -2.51. The highest BCUT2D eigenvalue weighted by molar-refractivity contribution is 7.92. The van der Waals surface area contributed by atoms with Crippen LogP contribution in [0.25, 0.3) is 11.1 Å². The lowest BCUT2D eigenvalue weighted by molar-refractivity contribution is -0.139. The van der Waals surface area contributed by atoms with Crippen LogP contribution in [0.2, 0.25) is 0 Å². The van der Waals surface area contributed by atoms with Crippen molar-refractivity contribution in [1.82, 2.24) is 16.0 Å². The molecule has 2 amide bonds. The van der Waals surface area contributed by atoms with Crippen molar-refractivity contribution in [3.05, 3.63) is 54.6 Å². The number of hydrogen-bond donors (Lipinski definition) is 5. The van der Waals surface area contributed by atoms with Crippen molar-refractivity contribution in [3.8, 4) is 11.1 Å². The second-order valence-corrected chi connectivity index (χ2v) is 12.5. The Bertz CT molecular complexity index is 1240. The number of hydrogen-bond acceptors (Lipinski definition) is 8. The zero-order valence-corrected chi connectivity index (χ0v) is 23.0. The lowest BCUT2D eigenvalue weighted by atomic mass is 9.87. The number of aliphatic hydroxyl groups excluding tert-OH is 2. The van der Waals surface area contributed by atoms with E-state index < -0.39 is 56.9 Å². The summed E-state index contributed by atoms with van der Waals surface area (Å²) < 4.78 is 27.4. The van der Waals surface area contributed by atoms with Gasteiger partial charge in [0.25, 0.3) is 5.91 Å². The van der Waals surface area contributed by atoms with Gasteiger partial charge in [-0.1, -0.05) is 56.3 Å². The maximum absolute atomic E-state index is 13.7. The zero-order valence-electron chi connectivity index (χ0n) is 22.2. The molecule has 212 valence electrons. The second kappa shape index (κ2) is 13.3. The Kier molecular flexibility index (Phi) is 10.4. The predicted molar refractivity (Wildman–Crippen MR) is 146 cm³/mol. The molecule has 2 atom stereocenters. The van der Waals surface area contributed by atoms with Gasteiger partial charge in [-0.3, -0.25) is 14.4 Å². The monoisotopic (exact) mass is 559 g/mol.